The largest absolute Gasteiger partial charge is 0.365 e. The molecule has 1 saturated carbocycles. The first-order valence-corrected chi connectivity index (χ1v) is 6.97. The van der Waals surface area contributed by atoms with Crippen LogP contribution in [0.3, 0.4) is 0 Å². The van der Waals surface area contributed by atoms with Crippen molar-refractivity contribution in [1.82, 2.24) is 4.98 Å². The van der Waals surface area contributed by atoms with Crippen molar-refractivity contribution in [2.75, 3.05) is 5.32 Å². The molecule has 2 unspecified atom stereocenters. The molecule has 0 aliphatic heterocycles. The van der Waals surface area contributed by atoms with E-state index in [1.807, 2.05) is 6.92 Å². The average Bonchev–Trinajstić information content (AvgIpc) is 3.03. The molecular formula is C14H20N4O3. The summed E-state index contributed by atoms with van der Waals surface area (Å²) in [4.78, 5) is 26.0. The number of carbonyl (C=O) groups is 1. The van der Waals surface area contributed by atoms with Crippen LogP contribution < -0.4 is 11.1 Å². The average molecular weight is 292 g/mol. The summed E-state index contributed by atoms with van der Waals surface area (Å²) in [5.41, 5.74) is 4.97. The van der Waals surface area contributed by atoms with Crippen molar-refractivity contribution in [1.29, 1.82) is 0 Å². The molecule has 2 rings (SSSR count). The maximum atomic E-state index is 11.3. The second-order valence-electron chi connectivity index (χ2n) is 6.14. The van der Waals surface area contributed by atoms with E-state index in [1.54, 1.807) is 0 Å². The van der Waals surface area contributed by atoms with Gasteiger partial charge in [0.15, 0.2) is 0 Å². The Kier molecular flexibility index (Phi) is 3.85. The van der Waals surface area contributed by atoms with E-state index in [-0.39, 0.29) is 28.5 Å². The van der Waals surface area contributed by atoms with Gasteiger partial charge in [0.25, 0.3) is 5.91 Å². The van der Waals surface area contributed by atoms with E-state index < -0.39 is 10.8 Å². The number of nitrogens with zero attached hydrogens (tertiary/aromatic N) is 2. The molecule has 0 saturated heterocycles. The number of primary amides is 1. The molecule has 1 aromatic heterocycles. The predicted molar refractivity (Wildman–Crippen MR) is 79.0 cm³/mol. The SMILES string of the molecule is CCC(Nc1nccc(C(N)=O)c1[N+](=O)[O-])C1CC1(C)C. The van der Waals surface area contributed by atoms with Gasteiger partial charge in [0, 0.05) is 12.2 Å². The van der Waals surface area contributed by atoms with Gasteiger partial charge >= 0.3 is 5.69 Å². The van der Waals surface area contributed by atoms with E-state index >= 15 is 0 Å². The molecule has 7 heteroatoms. The number of carbonyl (C=O) groups excluding carboxylic acids is 1. The Morgan fingerprint density at radius 3 is 2.71 bits per heavy atom. The monoisotopic (exact) mass is 292 g/mol. The van der Waals surface area contributed by atoms with Gasteiger partial charge in [-0.2, -0.15) is 0 Å². The molecule has 0 radical (unpaired) electrons. The van der Waals surface area contributed by atoms with Gasteiger partial charge in [0.2, 0.25) is 5.82 Å². The lowest BCUT2D eigenvalue weighted by Crippen LogP contribution is -2.25. The summed E-state index contributed by atoms with van der Waals surface area (Å²) in [5.74, 6) is -0.265. The molecule has 2 atom stereocenters. The normalized spacial score (nSPS) is 20.6. The van der Waals surface area contributed by atoms with Crippen LogP contribution in [-0.4, -0.2) is 21.9 Å². The summed E-state index contributed by atoms with van der Waals surface area (Å²) in [7, 11) is 0. The van der Waals surface area contributed by atoms with Gasteiger partial charge < -0.3 is 11.1 Å². The Morgan fingerprint density at radius 2 is 2.29 bits per heavy atom. The zero-order valence-corrected chi connectivity index (χ0v) is 12.4. The highest BCUT2D eigenvalue weighted by molar-refractivity contribution is 5.98. The minimum absolute atomic E-state index is 0.0920. The summed E-state index contributed by atoms with van der Waals surface area (Å²) >= 11 is 0. The zero-order chi connectivity index (χ0) is 15.8. The lowest BCUT2D eigenvalue weighted by atomic mass is 10.0. The molecule has 1 aliphatic rings. The first-order valence-electron chi connectivity index (χ1n) is 6.97. The number of nitrogens with two attached hydrogens (primary N) is 1. The summed E-state index contributed by atoms with van der Waals surface area (Å²) < 4.78 is 0. The van der Waals surface area contributed by atoms with Gasteiger partial charge in [-0.3, -0.25) is 14.9 Å². The first kappa shape index (κ1) is 15.2. The maximum Gasteiger partial charge on any atom is 0.324 e. The number of hydrogen-bond acceptors (Lipinski definition) is 5. The molecule has 1 aliphatic carbocycles. The smallest absolute Gasteiger partial charge is 0.324 e. The molecule has 114 valence electrons. The van der Waals surface area contributed by atoms with E-state index in [2.05, 4.69) is 24.1 Å². The Balaban J connectivity index is 2.33. The Hall–Kier alpha value is -2.18. The Labute approximate surface area is 123 Å². The minimum Gasteiger partial charge on any atom is -0.365 e. The number of nitrogens with one attached hydrogen (secondary N) is 1. The number of anilines is 1. The number of hydrogen-bond donors (Lipinski definition) is 2. The van der Waals surface area contributed by atoms with Crippen LogP contribution in [-0.2, 0) is 0 Å². The van der Waals surface area contributed by atoms with Crippen LogP contribution in [0, 0.1) is 21.4 Å². The fraction of sp³-hybridized carbons (Fsp3) is 0.571. The first-order chi connectivity index (χ1) is 9.77. The van der Waals surface area contributed by atoms with Crippen molar-refractivity contribution in [3.63, 3.8) is 0 Å². The third kappa shape index (κ3) is 2.96. The second kappa shape index (κ2) is 5.31. The van der Waals surface area contributed by atoms with E-state index in [0.29, 0.717) is 5.92 Å². The predicted octanol–water partition coefficient (Wildman–Crippen LogP) is 2.33. The summed E-state index contributed by atoms with van der Waals surface area (Å²) in [6, 6.07) is 1.36. The van der Waals surface area contributed by atoms with Crippen LogP contribution in [0.1, 0.15) is 44.0 Å². The second-order valence-corrected chi connectivity index (χ2v) is 6.14. The van der Waals surface area contributed by atoms with Gasteiger partial charge in [-0.15, -0.1) is 0 Å². The maximum absolute atomic E-state index is 11.3. The van der Waals surface area contributed by atoms with Crippen LogP contribution >= 0.6 is 0 Å². The van der Waals surface area contributed by atoms with Crippen LogP contribution in [0.5, 0.6) is 0 Å². The molecule has 1 aromatic rings. The van der Waals surface area contributed by atoms with Crippen LogP contribution in [0.25, 0.3) is 0 Å². The topological polar surface area (TPSA) is 111 Å². The highest BCUT2D eigenvalue weighted by Gasteiger charge is 2.49. The van der Waals surface area contributed by atoms with Gasteiger partial charge in [0.1, 0.15) is 5.56 Å². The fourth-order valence-electron chi connectivity index (χ4n) is 2.80. The molecule has 3 N–H and O–H groups in total. The van der Waals surface area contributed by atoms with E-state index in [1.165, 1.54) is 12.3 Å². The molecule has 1 heterocycles. The Bertz CT molecular complexity index is 586. The van der Waals surface area contributed by atoms with Crippen LogP contribution in [0.15, 0.2) is 12.3 Å². The number of amides is 1. The summed E-state index contributed by atoms with van der Waals surface area (Å²) in [6.45, 7) is 6.36. The molecule has 0 bridgehead atoms. The molecule has 0 spiro atoms. The van der Waals surface area contributed by atoms with Gasteiger partial charge in [-0.1, -0.05) is 20.8 Å². The number of nitro groups is 1. The van der Waals surface area contributed by atoms with E-state index in [0.717, 1.165) is 12.8 Å². The van der Waals surface area contributed by atoms with Gasteiger partial charge in [0.05, 0.1) is 4.92 Å². The summed E-state index contributed by atoms with van der Waals surface area (Å²) in [6.07, 6.45) is 3.26. The summed E-state index contributed by atoms with van der Waals surface area (Å²) in [5, 5.41) is 14.4. The molecule has 0 aromatic carbocycles. The van der Waals surface area contributed by atoms with Crippen LogP contribution in [0.4, 0.5) is 11.5 Å². The van der Waals surface area contributed by atoms with E-state index in [4.69, 9.17) is 5.73 Å². The van der Waals surface area contributed by atoms with Crippen molar-refractivity contribution in [3.05, 3.63) is 27.9 Å². The highest BCUT2D eigenvalue weighted by Crippen LogP contribution is 2.54. The third-order valence-electron chi connectivity index (χ3n) is 4.21. The van der Waals surface area contributed by atoms with Crippen molar-refractivity contribution in [2.24, 2.45) is 17.1 Å². The van der Waals surface area contributed by atoms with Crippen molar-refractivity contribution < 1.29 is 9.72 Å². The van der Waals surface area contributed by atoms with Gasteiger partial charge in [-0.25, -0.2) is 4.98 Å². The van der Waals surface area contributed by atoms with E-state index in [9.17, 15) is 14.9 Å². The standard InChI is InChI=1S/C14H20N4O3/c1-4-10(9-7-14(9,2)3)17-13-11(18(20)21)8(12(15)19)5-6-16-13/h5-6,9-10H,4,7H2,1-3H3,(H2,15,19)(H,16,17). The highest BCUT2D eigenvalue weighted by atomic mass is 16.6. The van der Waals surface area contributed by atoms with Crippen molar-refractivity contribution in [3.8, 4) is 0 Å². The lowest BCUT2D eigenvalue weighted by Gasteiger charge is -2.19. The molecule has 1 fully saturated rings. The van der Waals surface area contributed by atoms with Crippen molar-refractivity contribution in [2.45, 2.75) is 39.7 Å². The van der Waals surface area contributed by atoms with Crippen molar-refractivity contribution >= 4 is 17.4 Å². The minimum atomic E-state index is -0.827. The lowest BCUT2D eigenvalue weighted by molar-refractivity contribution is -0.384. The van der Waals surface area contributed by atoms with Crippen LogP contribution in [0.2, 0.25) is 0 Å². The quantitative estimate of drug-likeness (QED) is 0.617. The number of pyridine rings is 1. The molecule has 21 heavy (non-hydrogen) atoms. The number of rotatable bonds is 6. The number of aromatic nitrogens is 1. The molecular weight excluding hydrogens is 272 g/mol. The molecule has 1 amide bonds. The fourth-order valence-corrected chi connectivity index (χ4v) is 2.80. The Morgan fingerprint density at radius 1 is 1.67 bits per heavy atom. The molecule has 7 nitrogen and oxygen atoms in total. The zero-order valence-electron chi connectivity index (χ0n) is 12.4. The van der Waals surface area contributed by atoms with Gasteiger partial charge in [-0.05, 0) is 30.2 Å². The third-order valence-corrected chi connectivity index (χ3v) is 4.21.